The summed E-state index contributed by atoms with van der Waals surface area (Å²) in [7, 11) is 0. The third-order valence-electron chi connectivity index (χ3n) is 4.65. The van der Waals surface area contributed by atoms with Crippen LogP contribution in [0.3, 0.4) is 0 Å². The van der Waals surface area contributed by atoms with Gasteiger partial charge in [-0.05, 0) is 0 Å². The molecule has 0 aliphatic rings. The van der Waals surface area contributed by atoms with E-state index in [0.29, 0.717) is 0 Å². The molecule has 0 saturated carbocycles. The van der Waals surface area contributed by atoms with Gasteiger partial charge in [-0.2, -0.15) is 0 Å². The fraction of sp³-hybridized carbons (Fsp3) is 0. The standard InChI is InChI=1S/C21H11NSSe/c1-2-7-14-12(5-1)11-18-21(22-14)13-6-3-8-15-19(13)20-16(23-15)9-4-10-17(20)24-18/h1-11H. The van der Waals surface area contributed by atoms with Crippen molar-refractivity contribution in [2.45, 2.75) is 0 Å². The molecule has 6 aromatic rings. The van der Waals surface area contributed by atoms with Crippen LogP contribution in [0.4, 0.5) is 0 Å². The zero-order valence-corrected chi connectivity index (χ0v) is 15.1. The Morgan fingerprint density at radius 2 is 1.58 bits per heavy atom. The zero-order chi connectivity index (χ0) is 15.7. The van der Waals surface area contributed by atoms with E-state index in [1.54, 1.807) is 0 Å². The van der Waals surface area contributed by atoms with E-state index in [1.165, 1.54) is 45.0 Å². The number of aromatic nitrogens is 1. The SMILES string of the molecule is c1ccc2nc3c(cc2c1)[se]c1cccc2sc4cccc3c4c21. The predicted octanol–water partition coefficient (Wildman–Crippen LogP) is 5.97. The van der Waals surface area contributed by atoms with Crippen LogP contribution in [0.1, 0.15) is 0 Å². The van der Waals surface area contributed by atoms with Gasteiger partial charge < -0.3 is 0 Å². The van der Waals surface area contributed by atoms with Gasteiger partial charge in [0.2, 0.25) is 0 Å². The molecule has 3 aromatic heterocycles. The molecule has 112 valence electrons. The molecule has 3 heterocycles. The summed E-state index contributed by atoms with van der Waals surface area (Å²) in [5.74, 6) is 0. The van der Waals surface area contributed by atoms with Crippen LogP contribution in [-0.2, 0) is 0 Å². The maximum atomic E-state index is 5.07. The minimum atomic E-state index is 0.277. The number of fused-ring (bicyclic) bond motifs is 3. The summed E-state index contributed by atoms with van der Waals surface area (Å²) in [6.45, 7) is 0. The number of para-hydroxylation sites is 1. The molecule has 0 aliphatic carbocycles. The minimum absolute atomic E-state index is 0.277. The molecule has 3 heteroatoms. The first-order valence-electron chi connectivity index (χ1n) is 7.91. The van der Waals surface area contributed by atoms with Crippen LogP contribution in [0.25, 0.3) is 50.5 Å². The monoisotopic (exact) mass is 389 g/mol. The topological polar surface area (TPSA) is 12.9 Å². The maximum absolute atomic E-state index is 5.07. The first kappa shape index (κ1) is 13.1. The number of pyridine rings is 1. The van der Waals surface area contributed by atoms with E-state index in [2.05, 4.69) is 66.7 Å². The molecular formula is C21H11NSSe. The van der Waals surface area contributed by atoms with Gasteiger partial charge in [-0.15, -0.1) is 0 Å². The van der Waals surface area contributed by atoms with E-state index in [9.17, 15) is 0 Å². The number of thiophene rings is 1. The Morgan fingerprint density at radius 1 is 0.750 bits per heavy atom. The molecule has 6 rings (SSSR count). The predicted molar refractivity (Wildman–Crippen MR) is 107 cm³/mol. The van der Waals surface area contributed by atoms with Gasteiger partial charge in [-0.25, -0.2) is 0 Å². The van der Waals surface area contributed by atoms with Crippen LogP contribution in [-0.4, -0.2) is 19.5 Å². The number of hydrogen-bond acceptors (Lipinski definition) is 2. The van der Waals surface area contributed by atoms with Crippen molar-refractivity contribution in [3.05, 3.63) is 66.7 Å². The Balaban J connectivity index is 2.04. The van der Waals surface area contributed by atoms with E-state index in [1.807, 2.05) is 11.3 Å². The second kappa shape index (κ2) is 4.67. The van der Waals surface area contributed by atoms with Crippen LogP contribution in [0, 0.1) is 0 Å². The summed E-state index contributed by atoms with van der Waals surface area (Å²) in [6.07, 6.45) is 0. The van der Waals surface area contributed by atoms with E-state index in [0.717, 1.165) is 5.52 Å². The van der Waals surface area contributed by atoms with Crippen LogP contribution in [0.2, 0.25) is 0 Å². The molecule has 0 N–H and O–H groups in total. The first-order chi connectivity index (χ1) is 11.9. The zero-order valence-electron chi connectivity index (χ0n) is 12.6. The molecular weight excluding hydrogens is 377 g/mol. The van der Waals surface area contributed by atoms with Gasteiger partial charge in [0.25, 0.3) is 0 Å². The molecule has 3 aromatic carbocycles. The fourth-order valence-corrected chi connectivity index (χ4v) is 7.29. The van der Waals surface area contributed by atoms with Gasteiger partial charge in [-0.3, -0.25) is 0 Å². The molecule has 0 bridgehead atoms. The van der Waals surface area contributed by atoms with Gasteiger partial charge in [0.05, 0.1) is 0 Å². The number of rotatable bonds is 0. The Bertz CT molecular complexity index is 1410. The van der Waals surface area contributed by atoms with E-state index in [4.69, 9.17) is 4.98 Å². The normalized spacial score (nSPS) is 12.2. The van der Waals surface area contributed by atoms with Gasteiger partial charge in [0, 0.05) is 0 Å². The number of nitrogens with zero attached hydrogens (tertiary/aromatic N) is 1. The van der Waals surface area contributed by atoms with Crippen LogP contribution in [0.5, 0.6) is 0 Å². The summed E-state index contributed by atoms with van der Waals surface area (Å²) in [6, 6.07) is 24.2. The number of benzene rings is 3. The van der Waals surface area contributed by atoms with Crippen LogP contribution < -0.4 is 0 Å². The quantitative estimate of drug-likeness (QED) is 0.292. The van der Waals surface area contributed by atoms with Crippen molar-refractivity contribution < 1.29 is 0 Å². The second-order valence-electron chi connectivity index (χ2n) is 6.04. The molecule has 0 fully saturated rings. The Morgan fingerprint density at radius 3 is 2.54 bits per heavy atom. The average Bonchev–Trinajstić information content (AvgIpc) is 2.94. The third-order valence-corrected chi connectivity index (χ3v) is 8.06. The van der Waals surface area contributed by atoms with Crippen LogP contribution in [0.15, 0.2) is 66.7 Å². The summed E-state index contributed by atoms with van der Waals surface area (Å²) in [5, 5.41) is 5.39. The summed E-state index contributed by atoms with van der Waals surface area (Å²) in [4.78, 5) is 5.07. The molecule has 0 atom stereocenters. The fourth-order valence-electron chi connectivity index (χ4n) is 3.60. The van der Waals surface area contributed by atoms with Crippen molar-refractivity contribution in [2.75, 3.05) is 0 Å². The molecule has 0 aliphatic heterocycles. The average molecular weight is 388 g/mol. The van der Waals surface area contributed by atoms with E-state index >= 15 is 0 Å². The summed E-state index contributed by atoms with van der Waals surface area (Å²) < 4.78 is 5.64. The molecule has 24 heavy (non-hydrogen) atoms. The molecule has 0 unspecified atom stereocenters. The van der Waals surface area contributed by atoms with Crippen molar-refractivity contribution in [2.24, 2.45) is 0 Å². The van der Waals surface area contributed by atoms with Gasteiger partial charge in [0.15, 0.2) is 0 Å². The van der Waals surface area contributed by atoms with Crippen molar-refractivity contribution in [3.8, 4) is 0 Å². The molecule has 0 saturated heterocycles. The Kier molecular flexibility index (Phi) is 2.56. The molecule has 1 nitrogen and oxygen atoms in total. The molecule has 0 radical (unpaired) electrons. The van der Waals surface area contributed by atoms with E-state index < -0.39 is 0 Å². The Hall–Kier alpha value is -2.19. The van der Waals surface area contributed by atoms with Crippen molar-refractivity contribution >= 4 is 76.3 Å². The van der Waals surface area contributed by atoms with Gasteiger partial charge in [-0.1, -0.05) is 0 Å². The summed E-state index contributed by atoms with van der Waals surface area (Å²) in [5.41, 5.74) is 2.26. The van der Waals surface area contributed by atoms with Crippen molar-refractivity contribution in [1.29, 1.82) is 0 Å². The molecule has 0 amide bonds. The molecule has 0 spiro atoms. The first-order valence-corrected chi connectivity index (χ1v) is 10.4. The van der Waals surface area contributed by atoms with Crippen molar-refractivity contribution in [3.63, 3.8) is 0 Å². The van der Waals surface area contributed by atoms with Crippen LogP contribution >= 0.6 is 11.3 Å². The Labute approximate surface area is 147 Å². The van der Waals surface area contributed by atoms with Gasteiger partial charge >= 0.3 is 148 Å². The van der Waals surface area contributed by atoms with E-state index in [-0.39, 0.29) is 14.5 Å². The van der Waals surface area contributed by atoms with Gasteiger partial charge in [0.1, 0.15) is 0 Å². The number of hydrogen-bond donors (Lipinski definition) is 0. The third kappa shape index (κ3) is 1.67. The van der Waals surface area contributed by atoms with Crippen molar-refractivity contribution in [1.82, 2.24) is 4.98 Å². The second-order valence-corrected chi connectivity index (χ2v) is 9.40. The summed E-state index contributed by atoms with van der Waals surface area (Å²) >= 11 is 2.18.